The fraction of sp³-hybridized carbons (Fsp3) is 0.500. The molecule has 0 radical (unpaired) electrons. The molecule has 20 heavy (non-hydrogen) atoms. The van der Waals surface area contributed by atoms with E-state index >= 15 is 0 Å². The number of thiazole rings is 1. The summed E-state index contributed by atoms with van der Waals surface area (Å²) in [6, 6.07) is -0.342. The van der Waals surface area contributed by atoms with Gasteiger partial charge in [-0.05, 0) is 26.7 Å². The number of nitrogens with one attached hydrogen (secondary N) is 1. The Morgan fingerprint density at radius 3 is 2.85 bits per heavy atom. The van der Waals surface area contributed by atoms with Crippen molar-refractivity contribution in [1.29, 1.82) is 0 Å². The summed E-state index contributed by atoms with van der Waals surface area (Å²) in [5.74, 6) is 1.36. The van der Waals surface area contributed by atoms with Gasteiger partial charge in [-0.2, -0.15) is 4.98 Å². The minimum absolute atomic E-state index is 0.227. The van der Waals surface area contributed by atoms with Gasteiger partial charge in [0.2, 0.25) is 5.89 Å². The van der Waals surface area contributed by atoms with Gasteiger partial charge in [-0.1, -0.05) is 16.5 Å². The average molecular weight is 293 g/mol. The number of nitrogen functional groups attached to an aromatic ring is 1. The predicted octanol–water partition coefficient (Wildman–Crippen LogP) is 1.79. The molecule has 3 rings (SSSR count). The van der Waals surface area contributed by atoms with Gasteiger partial charge in [0.1, 0.15) is 10.9 Å². The Hall–Kier alpha value is -1.96. The van der Waals surface area contributed by atoms with Crippen LogP contribution in [0.25, 0.3) is 0 Å². The maximum atomic E-state index is 12.1. The molecule has 1 aliphatic rings. The van der Waals surface area contributed by atoms with Gasteiger partial charge in [-0.15, -0.1) is 0 Å². The third kappa shape index (κ3) is 2.51. The van der Waals surface area contributed by atoms with Crippen molar-refractivity contribution in [2.45, 2.75) is 38.6 Å². The number of nitrogens with two attached hydrogens (primary N) is 1. The van der Waals surface area contributed by atoms with E-state index in [-0.39, 0.29) is 11.9 Å². The second-order valence-electron chi connectivity index (χ2n) is 4.93. The molecule has 1 atom stereocenters. The highest BCUT2D eigenvalue weighted by Gasteiger charge is 2.30. The summed E-state index contributed by atoms with van der Waals surface area (Å²) in [5, 5.41) is 7.14. The number of hydrogen-bond donors (Lipinski definition) is 2. The van der Waals surface area contributed by atoms with E-state index in [0.717, 1.165) is 18.7 Å². The molecule has 8 heteroatoms. The minimum Gasteiger partial charge on any atom is -0.375 e. The van der Waals surface area contributed by atoms with E-state index in [1.54, 1.807) is 6.92 Å². The summed E-state index contributed by atoms with van der Waals surface area (Å²) < 4.78 is 5.19. The van der Waals surface area contributed by atoms with Crippen molar-refractivity contribution in [3.63, 3.8) is 0 Å². The van der Waals surface area contributed by atoms with Gasteiger partial charge < -0.3 is 15.6 Å². The fourth-order valence-electron chi connectivity index (χ4n) is 1.88. The first-order valence-corrected chi connectivity index (χ1v) is 7.23. The van der Waals surface area contributed by atoms with E-state index in [9.17, 15) is 4.79 Å². The molecule has 0 aliphatic heterocycles. The monoisotopic (exact) mass is 293 g/mol. The summed E-state index contributed by atoms with van der Waals surface area (Å²) in [6.07, 6.45) is 2.22. The number of aryl methyl sites for hydroxylation is 1. The van der Waals surface area contributed by atoms with Gasteiger partial charge in [-0.3, -0.25) is 4.79 Å². The molecular formula is C12H15N5O2S. The molecular weight excluding hydrogens is 278 g/mol. The number of carbonyl (C=O) groups is 1. The smallest absolute Gasteiger partial charge is 0.263 e. The van der Waals surface area contributed by atoms with E-state index in [4.69, 9.17) is 10.3 Å². The van der Waals surface area contributed by atoms with Crippen LogP contribution in [0.15, 0.2) is 4.52 Å². The molecule has 1 amide bonds. The molecule has 0 bridgehead atoms. The zero-order valence-corrected chi connectivity index (χ0v) is 12.0. The Morgan fingerprint density at radius 1 is 1.50 bits per heavy atom. The van der Waals surface area contributed by atoms with Crippen LogP contribution in [0.4, 0.5) is 5.13 Å². The quantitative estimate of drug-likeness (QED) is 0.889. The average Bonchev–Trinajstić information content (AvgIpc) is 3.02. The lowest BCUT2D eigenvalue weighted by Gasteiger charge is -2.08. The maximum Gasteiger partial charge on any atom is 0.263 e. The van der Waals surface area contributed by atoms with E-state index in [2.05, 4.69) is 20.4 Å². The number of nitrogens with zero attached hydrogens (tertiary/aromatic N) is 3. The van der Waals surface area contributed by atoms with Crippen molar-refractivity contribution < 1.29 is 9.32 Å². The molecule has 2 heterocycles. The topological polar surface area (TPSA) is 107 Å². The summed E-state index contributed by atoms with van der Waals surface area (Å²) in [6.45, 7) is 3.56. The van der Waals surface area contributed by atoms with Crippen LogP contribution in [0, 0.1) is 6.92 Å². The second-order valence-corrected chi connectivity index (χ2v) is 5.96. The number of aromatic nitrogens is 3. The molecule has 0 saturated heterocycles. The molecule has 0 unspecified atom stereocenters. The van der Waals surface area contributed by atoms with Gasteiger partial charge in [0.25, 0.3) is 5.91 Å². The molecule has 106 valence electrons. The molecule has 1 fully saturated rings. The SMILES string of the molecule is Cc1nc(N)sc1C(=O)N[C@@H](C)c1nc(C2CC2)no1. The molecule has 7 nitrogen and oxygen atoms in total. The van der Waals surface area contributed by atoms with Gasteiger partial charge >= 0.3 is 0 Å². The number of carbonyl (C=O) groups excluding carboxylic acids is 1. The molecule has 1 aliphatic carbocycles. The number of amides is 1. The van der Waals surface area contributed by atoms with Crippen molar-refractivity contribution in [2.24, 2.45) is 0 Å². The summed E-state index contributed by atoms with van der Waals surface area (Å²) in [7, 11) is 0. The van der Waals surface area contributed by atoms with Crippen LogP contribution in [0.3, 0.4) is 0 Å². The Morgan fingerprint density at radius 2 is 2.25 bits per heavy atom. The van der Waals surface area contributed by atoms with Crippen LogP contribution in [0.2, 0.25) is 0 Å². The minimum atomic E-state index is -0.342. The van der Waals surface area contributed by atoms with Crippen molar-refractivity contribution in [3.05, 3.63) is 22.3 Å². The van der Waals surface area contributed by atoms with Crippen LogP contribution in [0.5, 0.6) is 0 Å². The first-order chi connectivity index (χ1) is 9.54. The van der Waals surface area contributed by atoms with Crippen LogP contribution in [-0.4, -0.2) is 21.0 Å². The zero-order valence-electron chi connectivity index (χ0n) is 11.2. The lowest BCUT2D eigenvalue weighted by molar-refractivity contribution is 0.0936. The van der Waals surface area contributed by atoms with Gasteiger partial charge in [-0.25, -0.2) is 4.98 Å². The van der Waals surface area contributed by atoms with Crippen LogP contribution >= 0.6 is 11.3 Å². The number of anilines is 1. The number of hydrogen-bond acceptors (Lipinski definition) is 7. The first kappa shape index (κ1) is 13.0. The van der Waals surface area contributed by atoms with Crippen molar-refractivity contribution in [1.82, 2.24) is 20.4 Å². The Kier molecular flexibility index (Phi) is 3.17. The Balaban J connectivity index is 1.69. The number of rotatable bonds is 4. The van der Waals surface area contributed by atoms with Gasteiger partial charge in [0.15, 0.2) is 11.0 Å². The van der Waals surface area contributed by atoms with Crippen molar-refractivity contribution in [2.75, 3.05) is 5.73 Å². The highest BCUT2D eigenvalue weighted by Crippen LogP contribution is 2.38. The lowest BCUT2D eigenvalue weighted by Crippen LogP contribution is -2.26. The maximum absolute atomic E-state index is 12.1. The summed E-state index contributed by atoms with van der Waals surface area (Å²) in [5.41, 5.74) is 6.22. The molecule has 2 aromatic rings. The standard InChI is InChI=1S/C12H15N5O2S/c1-5-8(20-12(13)15-5)10(18)14-6(2)11-16-9(17-19-11)7-3-4-7/h6-7H,3-4H2,1-2H3,(H2,13,15)(H,14,18)/t6-/m0/s1. The fourth-order valence-corrected chi connectivity index (χ4v) is 2.62. The lowest BCUT2D eigenvalue weighted by atomic mass is 10.3. The molecule has 3 N–H and O–H groups in total. The molecule has 0 aromatic carbocycles. The second kappa shape index (κ2) is 4.86. The third-order valence-corrected chi connectivity index (χ3v) is 4.12. The van der Waals surface area contributed by atoms with Crippen LogP contribution in [0.1, 0.15) is 58.8 Å². The predicted molar refractivity (Wildman–Crippen MR) is 73.4 cm³/mol. The molecule has 0 spiro atoms. The molecule has 2 aromatic heterocycles. The zero-order chi connectivity index (χ0) is 14.3. The third-order valence-electron chi connectivity index (χ3n) is 3.14. The highest BCUT2D eigenvalue weighted by molar-refractivity contribution is 7.17. The molecule has 1 saturated carbocycles. The normalized spacial score (nSPS) is 16.1. The van der Waals surface area contributed by atoms with Gasteiger partial charge in [0.05, 0.1) is 5.69 Å². The van der Waals surface area contributed by atoms with Crippen LogP contribution in [-0.2, 0) is 0 Å². The van der Waals surface area contributed by atoms with E-state index in [1.807, 2.05) is 6.92 Å². The van der Waals surface area contributed by atoms with Gasteiger partial charge in [0, 0.05) is 5.92 Å². The van der Waals surface area contributed by atoms with E-state index in [1.165, 1.54) is 11.3 Å². The van der Waals surface area contributed by atoms with E-state index in [0.29, 0.717) is 27.5 Å². The largest absolute Gasteiger partial charge is 0.375 e. The Labute approximate surface area is 119 Å². The summed E-state index contributed by atoms with van der Waals surface area (Å²) >= 11 is 1.17. The van der Waals surface area contributed by atoms with E-state index < -0.39 is 0 Å². The van der Waals surface area contributed by atoms with Crippen LogP contribution < -0.4 is 11.1 Å². The highest BCUT2D eigenvalue weighted by atomic mass is 32.1. The van der Waals surface area contributed by atoms with Crippen molar-refractivity contribution in [3.8, 4) is 0 Å². The first-order valence-electron chi connectivity index (χ1n) is 6.42. The Bertz CT molecular complexity index is 646. The van der Waals surface area contributed by atoms with Crippen molar-refractivity contribution >= 4 is 22.4 Å². The summed E-state index contributed by atoms with van der Waals surface area (Å²) in [4.78, 5) is 21.0.